The molecule has 3 rings (SSSR count). The Morgan fingerprint density at radius 1 is 1.17 bits per heavy atom. The largest absolute Gasteiger partial charge is 0.477 e. The summed E-state index contributed by atoms with van der Waals surface area (Å²) in [7, 11) is 0. The van der Waals surface area contributed by atoms with Crippen molar-refractivity contribution in [1.82, 2.24) is 0 Å². The lowest BCUT2D eigenvalue weighted by molar-refractivity contribution is 0.0702. The zero-order valence-electron chi connectivity index (χ0n) is 17.3. The number of hydrogen-bond donors (Lipinski definition) is 2. The first-order chi connectivity index (χ1) is 13.7. The Morgan fingerprint density at radius 2 is 1.83 bits per heavy atom. The molecular weight excluding hydrogens is 382 g/mol. The summed E-state index contributed by atoms with van der Waals surface area (Å²) in [6, 6.07) is 12.3. The number of carbonyl (C=O) groups is 1. The maximum absolute atomic E-state index is 12.0. The fourth-order valence-electron chi connectivity index (χ4n) is 3.62. The molecule has 1 heterocycles. The lowest BCUT2D eigenvalue weighted by atomic mass is 9.91. The Labute approximate surface area is 177 Å². The van der Waals surface area contributed by atoms with Crippen LogP contribution in [0, 0.1) is 17.3 Å². The number of aromatic carboxylic acids is 1. The lowest BCUT2D eigenvalue weighted by Gasteiger charge is -2.37. The highest BCUT2D eigenvalue weighted by atomic mass is 32.1. The minimum absolute atomic E-state index is 0.142. The standard InChI is InChI=1S/C24H29NO3S/c1-24(2,3)14-13-20-15-21(22(29-20)23(27)28)25(16-17-7-5-4-6-8-17)18-9-11-19(26)12-10-18/h4-8,15,18-19,26H,9-12,16H2,1-3H3,(H,27,28). The Bertz CT molecular complexity index is 894. The zero-order valence-corrected chi connectivity index (χ0v) is 18.1. The normalized spacial score (nSPS) is 19.3. The van der Waals surface area contributed by atoms with Gasteiger partial charge in [-0.3, -0.25) is 0 Å². The molecule has 1 aliphatic carbocycles. The van der Waals surface area contributed by atoms with Crippen LogP contribution in [-0.2, 0) is 6.54 Å². The van der Waals surface area contributed by atoms with E-state index in [0.29, 0.717) is 11.4 Å². The van der Waals surface area contributed by atoms with Gasteiger partial charge in [0.05, 0.1) is 16.7 Å². The molecule has 0 bridgehead atoms. The first kappa shape index (κ1) is 21.4. The average molecular weight is 412 g/mol. The number of hydrogen-bond acceptors (Lipinski definition) is 4. The van der Waals surface area contributed by atoms with Crippen LogP contribution in [0.25, 0.3) is 0 Å². The van der Waals surface area contributed by atoms with Gasteiger partial charge in [-0.1, -0.05) is 42.2 Å². The van der Waals surface area contributed by atoms with Gasteiger partial charge in [-0.25, -0.2) is 4.79 Å². The van der Waals surface area contributed by atoms with Crippen LogP contribution < -0.4 is 4.90 Å². The van der Waals surface area contributed by atoms with Crippen molar-refractivity contribution in [1.29, 1.82) is 0 Å². The Balaban J connectivity index is 2.00. The molecule has 2 N–H and O–H groups in total. The van der Waals surface area contributed by atoms with E-state index in [4.69, 9.17) is 0 Å². The quantitative estimate of drug-likeness (QED) is 0.668. The summed E-state index contributed by atoms with van der Waals surface area (Å²) in [5.74, 6) is 5.46. The van der Waals surface area contributed by atoms with Crippen molar-refractivity contribution in [2.75, 3.05) is 4.90 Å². The Hall–Kier alpha value is -2.29. The van der Waals surface area contributed by atoms with Crippen molar-refractivity contribution in [3.05, 3.63) is 51.7 Å². The average Bonchev–Trinajstić information content (AvgIpc) is 3.10. The molecule has 1 aromatic heterocycles. The number of carboxylic acids is 1. The first-order valence-electron chi connectivity index (χ1n) is 10.1. The molecule has 0 aliphatic heterocycles. The second-order valence-electron chi connectivity index (χ2n) is 8.71. The summed E-state index contributed by atoms with van der Waals surface area (Å²) in [5, 5.41) is 19.8. The molecule has 0 radical (unpaired) electrons. The van der Waals surface area contributed by atoms with Gasteiger partial charge in [-0.2, -0.15) is 0 Å². The number of anilines is 1. The van der Waals surface area contributed by atoms with Gasteiger partial charge in [0.1, 0.15) is 4.88 Å². The molecule has 1 saturated carbocycles. The van der Waals surface area contributed by atoms with Crippen LogP contribution in [0.2, 0.25) is 0 Å². The predicted octanol–water partition coefficient (Wildman–Crippen LogP) is 5.15. The molecule has 2 aromatic rings. The number of aliphatic hydroxyl groups excluding tert-OH is 1. The van der Waals surface area contributed by atoms with Crippen molar-refractivity contribution in [3.63, 3.8) is 0 Å². The van der Waals surface area contributed by atoms with Crippen molar-refractivity contribution >= 4 is 23.0 Å². The molecule has 0 amide bonds. The van der Waals surface area contributed by atoms with E-state index in [2.05, 4.69) is 28.9 Å². The SMILES string of the molecule is CC(C)(C)C#Cc1cc(N(Cc2ccccc2)C2CCC(O)CC2)c(C(=O)O)s1. The third kappa shape index (κ3) is 5.85. The van der Waals surface area contributed by atoms with Crippen LogP contribution >= 0.6 is 11.3 Å². The third-order valence-corrected chi connectivity index (χ3v) is 6.11. The van der Waals surface area contributed by atoms with Gasteiger partial charge in [-0.15, -0.1) is 11.3 Å². The highest BCUT2D eigenvalue weighted by Gasteiger charge is 2.29. The van der Waals surface area contributed by atoms with Gasteiger partial charge >= 0.3 is 5.97 Å². The van der Waals surface area contributed by atoms with E-state index in [1.165, 1.54) is 11.3 Å². The number of rotatable bonds is 5. The summed E-state index contributed by atoms with van der Waals surface area (Å²) in [6.45, 7) is 6.77. The fraction of sp³-hybridized carbons (Fsp3) is 0.458. The third-order valence-electron chi connectivity index (χ3n) is 5.08. The van der Waals surface area contributed by atoms with Gasteiger partial charge < -0.3 is 15.1 Å². The van der Waals surface area contributed by atoms with Gasteiger partial charge in [0.25, 0.3) is 0 Å². The van der Waals surface area contributed by atoms with Crippen molar-refractivity contribution in [2.45, 2.75) is 65.1 Å². The molecule has 0 atom stereocenters. The monoisotopic (exact) mass is 411 g/mol. The molecule has 29 heavy (non-hydrogen) atoms. The van der Waals surface area contributed by atoms with Gasteiger partial charge in [0.2, 0.25) is 0 Å². The van der Waals surface area contributed by atoms with Crippen molar-refractivity contribution in [3.8, 4) is 11.8 Å². The number of nitrogens with zero attached hydrogens (tertiary/aromatic N) is 1. The number of aliphatic hydroxyl groups is 1. The lowest BCUT2D eigenvalue weighted by Crippen LogP contribution is -2.39. The van der Waals surface area contributed by atoms with Crippen LogP contribution in [-0.4, -0.2) is 28.3 Å². The highest BCUT2D eigenvalue weighted by Crippen LogP contribution is 2.36. The number of carboxylic acid groups (broad SMARTS) is 1. The summed E-state index contributed by atoms with van der Waals surface area (Å²) in [5.41, 5.74) is 1.74. The zero-order chi connectivity index (χ0) is 21.0. The van der Waals surface area contributed by atoms with E-state index in [-0.39, 0.29) is 17.6 Å². The minimum atomic E-state index is -0.914. The number of benzene rings is 1. The molecule has 0 unspecified atom stereocenters. The predicted molar refractivity (Wildman–Crippen MR) is 118 cm³/mol. The topological polar surface area (TPSA) is 60.8 Å². The second kappa shape index (κ2) is 9.02. The van der Waals surface area contributed by atoms with Gasteiger partial charge in [-0.05, 0) is 58.1 Å². The molecule has 154 valence electrons. The minimum Gasteiger partial charge on any atom is -0.477 e. The molecular formula is C24H29NO3S. The van der Waals surface area contributed by atoms with E-state index in [1.807, 2.05) is 45.0 Å². The van der Waals surface area contributed by atoms with E-state index in [1.54, 1.807) is 0 Å². The van der Waals surface area contributed by atoms with E-state index < -0.39 is 5.97 Å². The van der Waals surface area contributed by atoms with Crippen LogP contribution in [0.15, 0.2) is 36.4 Å². The maximum Gasteiger partial charge on any atom is 0.348 e. The van der Waals surface area contributed by atoms with E-state index in [0.717, 1.165) is 41.8 Å². The molecule has 0 saturated heterocycles. The molecule has 1 fully saturated rings. The van der Waals surface area contributed by atoms with Crippen LogP contribution in [0.1, 0.15) is 66.6 Å². The van der Waals surface area contributed by atoms with Crippen LogP contribution in [0.3, 0.4) is 0 Å². The maximum atomic E-state index is 12.0. The van der Waals surface area contributed by atoms with Gasteiger partial charge in [0, 0.05) is 18.0 Å². The van der Waals surface area contributed by atoms with Crippen molar-refractivity contribution < 1.29 is 15.0 Å². The van der Waals surface area contributed by atoms with Crippen LogP contribution in [0.5, 0.6) is 0 Å². The molecule has 5 heteroatoms. The summed E-state index contributed by atoms with van der Waals surface area (Å²) >= 11 is 1.25. The molecule has 1 aromatic carbocycles. The Kier molecular flexibility index (Phi) is 6.66. The smallest absolute Gasteiger partial charge is 0.348 e. The summed E-state index contributed by atoms with van der Waals surface area (Å²) < 4.78 is 0. The van der Waals surface area contributed by atoms with Crippen molar-refractivity contribution in [2.24, 2.45) is 5.41 Å². The Morgan fingerprint density at radius 3 is 2.41 bits per heavy atom. The first-order valence-corrected chi connectivity index (χ1v) is 10.9. The summed E-state index contributed by atoms with van der Waals surface area (Å²) in [6.07, 6.45) is 2.95. The summed E-state index contributed by atoms with van der Waals surface area (Å²) in [4.78, 5) is 15.4. The van der Waals surface area contributed by atoms with Gasteiger partial charge in [0.15, 0.2) is 0 Å². The second-order valence-corrected chi connectivity index (χ2v) is 9.76. The van der Waals surface area contributed by atoms with E-state index in [9.17, 15) is 15.0 Å². The fourth-order valence-corrected chi connectivity index (χ4v) is 4.48. The molecule has 1 aliphatic rings. The van der Waals surface area contributed by atoms with Crippen LogP contribution in [0.4, 0.5) is 5.69 Å². The van der Waals surface area contributed by atoms with E-state index >= 15 is 0 Å². The number of thiophene rings is 1. The molecule has 0 spiro atoms. The molecule has 4 nitrogen and oxygen atoms in total. The highest BCUT2D eigenvalue weighted by molar-refractivity contribution is 7.15.